The number of carbonyl (C=O) groups excluding carboxylic acids is 1. The number of amides is 1. The third-order valence-electron chi connectivity index (χ3n) is 5.06. The highest BCUT2D eigenvalue weighted by atomic mass is 32.2. The molecule has 9 nitrogen and oxygen atoms in total. The summed E-state index contributed by atoms with van der Waals surface area (Å²) in [7, 11) is -2.61. The lowest BCUT2D eigenvalue weighted by Crippen LogP contribution is -2.45. The number of nitrogens with zero attached hydrogens (tertiary/aromatic N) is 2. The highest BCUT2D eigenvalue weighted by Gasteiger charge is 2.32. The molecule has 1 aromatic heterocycles. The number of carbonyl (C=O) groups is 1. The predicted molar refractivity (Wildman–Crippen MR) is 117 cm³/mol. The average Bonchev–Trinajstić information content (AvgIpc) is 3.34. The molecule has 1 aliphatic heterocycles. The molecule has 4 rings (SSSR count). The van der Waals surface area contributed by atoms with E-state index in [0.717, 1.165) is 9.99 Å². The molecule has 0 spiro atoms. The Hall–Kier alpha value is -3.18. The van der Waals surface area contributed by atoms with Crippen molar-refractivity contribution in [1.82, 2.24) is 8.87 Å². The van der Waals surface area contributed by atoms with Gasteiger partial charge in [0.15, 0.2) is 6.29 Å². The zero-order valence-electron chi connectivity index (χ0n) is 17.3. The quantitative estimate of drug-likeness (QED) is 0.587. The maximum Gasteiger partial charge on any atom is 0.255 e. The minimum absolute atomic E-state index is 0.0802. The molecule has 1 atom stereocenters. The summed E-state index contributed by atoms with van der Waals surface area (Å²) in [6, 6.07) is 15.3. The van der Waals surface area contributed by atoms with Crippen molar-refractivity contribution in [3.05, 3.63) is 72.6 Å². The van der Waals surface area contributed by atoms with Crippen LogP contribution >= 0.6 is 0 Å². The molecule has 168 valence electrons. The number of morpholine rings is 1. The Labute approximate surface area is 185 Å². The summed E-state index contributed by atoms with van der Waals surface area (Å²) >= 11 is 0. The monoisotopic (exact) mass is 457 g/mol. The van der Waals surface area contributed by atoms with Crippen LogP contribution in [0.5, 0.6) is 5.75 Å². The molecular formula is C22H23N3O6S. The Morgan fingerprint density at radius 3 is 2.66 bits per heavy atom. The van der Waals surface area contributed by atoms with E-state index in [1.807, 2.05) is 35.2 Å². The van der Waals surface area contributed by atoms with Crippen LogP contribution in [0.3, 0.4) is 0 Å². The maximum atomic E-state index is 13.2. The van der Waals surface area contributed by atoms with E-state index in [0.29, 0.717) is 11.3 Å². The van der Waals surface area contributed by atoms with E-state index in [1.54, 1.807) is 24.3 Å². The van der Waals surface area contributed by atoms with Gasteiger partial charge < -0.3 is 24.5 Å². The second-order valence-electron chi connectivity index (χ2n) is 7.15. The highest BCUT2D eigenvalue weighted by Crippen LogP contribution is 2.30. The Kier molecular flexibility index (Phi) is 6.28. The summed E-state index contributed by atoms with van der Waals surface area (Å²) in [6.07, 6.45) is 2.56. The van der Waals surface area contributed by atoms with Crippen LogP contribution in [0.2, 0.25) is 0 Å². The van der Waals surface area contributed by atoms with Gasteiger partial charge in [0.1, 0.15) is 10.6 Å². The molecule has 0 saturated carbocycles. The second kappa shape index (κ2) is 9.13. The summed E-state index contributed by atoms with van der Waals surface area (Å²) in [4.78, 5) is 12.7. The van der Waals surface area contributed by atoms with Crippen LogP contribution in [0, 0.1) is 0 Å². The van der Waals surface area contributed by atoms with Crippen LogP contribution in [-0.2, 0) is 14.8 Å². The molecule has 1 saturated heterocycles. The van der Waals surface area contributed by atoms with Crippen LogP contribution < -0.4 is 10.1 Å². The number of aliphatic hydroxyl groups excluding tert-OH is 1. The molecule has 10 heteroatoms. The zero-order valence-corrected chi connectivity index (χ0v) is 18.2. The number of hydrogen-bond donors (Lipinski definition) is 2. The largest absolute Gasteiger partial charge is 0.495 e. The average molecular weight is 458 g/mol. The molecule has 1 fully saturated rings. The number of ether oxygens (including phenoxy) is 2. The fourth-order valence-corrected chi connectivity index (χ4v) is 5.04. The number of hydrogen-bond acceptors (Lipinski definition) is 6. The molecule has 2 N–H and O–H groups in total. The first-order valence-corrected chi connectivity index (χ1v) is 11.3. The Bertz CT molecular complexity index is 1210. The number of β-amino-alcohol motifs (C(OH)–C–C–N with tert-alkyl or cyclic N) is 1. The minimum atomic E-state index is -3.98. The number of nitrogens with one attached hydrogen (secondary N) is 1. The number of aliphatic hydroxyl groups is 1. The number of sulfonamides is 1. The number of anilines is 1. The van der Waals surface area contributed by atoms with Gasteiger partial charge in [-0.05, 0) is 48.5 Å². The van der Waals surface area contributed by atoms with Gasteiger partial charge in [0.25, 0.3) is 5.91 Å². The van der Waals surface area contributed by atoms with E-state index in [1.165, 1.54) is 19.2 Å². The fourth-order valence-electron chi connectivity index (χ4n) is 3.44. The number of aromatic nitrogens is 1. The van der Waals surface area contributed by atoms with Crippen molar-refractivity contribution in [2.75, 3.05) is 32.1 Å². The normalized spacial score (nSPS) is 17.1. The van der Waals surface area contributed by atoms with Crippen molar-refractivity contribution in [3.8, 4) is 11.4 Å². The summed E-state index contributed by atoms with van der Waals surface area (Å²) < 4.78 is 39.6. The van der Waals surface area contributed by atoms with Gasteiger partial charge in [-0.3, -0.25) is 4.79 Å². The predicted octanol–water partition coefficient (Wildman–Crippen LogP) is 2.08. The molecule has 1 unspecified atom stereocenters. The summed E-state index contributed by atoms with van der Waals surface area (Å²) in [6.45, 7) is -0.00352. The molecule has 0 aliphatic carbocycles. The molecule has 1 amide bonds. The van der Waals surface area contributed by atoms with Crippen molar-refractivity contribution in [1.29, 1.82) is 0 Å². The van der Waals surface area contributed by atoms with Gasteiger partial charge >= 0.3 is 0 Å². The van der Waals surface area contributed by atoms with Crippen molar-refractivity contribution in [2.45, 2.75) is 11.2 Å². The molecule has 3 aromatic rings. The van der Waals surface area contributed by atoms with E-state index in [9.17, 15) is 18.3 Å². The summed E-state index contributed by atoms with van der Waals surface area (Å²) in [5, 5.41) is 12.4. The van der Waals surface area contributed by atoms with Gasteiger partial charge in [-0.25, -0.2) is 8.42 Å². The van der Waals surface area contributed by atoms with E-state index in [-0.39, 0.29) is 36.2 Å². The SMILES string of the molecule is COc1ccc(NC(=O)c2cccc(-n3cccc3)c2)cc1S(=O)(=O)N1CCOC(O)C1. The molecular weight excluding hydrogens is 434 g/mol. The molecule has 2 aromatic carbocycles. The van der Waals surface area contributed by atoms with Gasteiger partial charge in [-0.2, -0.15) is 4.31 Å². The lowest BCUT2D eigenvalue weighted by atomic mass is 10.2. The van der Waals surface area contributed by atoms with E-state index in [4.69, 9.17) is 9.47 Å². The van der Waals surface area contributed by atoms with E-state index < -0.39 is 16.3 Å². The highest BCUT2D eigenvalue weighted by molar-refractivity contribution is 7.89. The van der Waals surface area contributed by atoms with Gasteiger partial charge in [0.05, 0.1) is 20.3 Å². The molecule has 32 heavy (non-hydrogen) atoms. The molecule has 0 bridgehead atoms. The Balaban J connectivity index is 1.60. The lowest BCUT2D eigenvalue weighted by Gasteiger charge is -2.29. The van der Waals surface area contributed by atoms with E-state index >= 15 is 0 Å². The second-order valence-corrected chi connectivity index (χ2v) is 9.06. The standard InChI is InChI=1S/C22H23N3O6S/c1-30-19-8-7-17(14-20(19)32(28,29)25-11-12-31-21(26)15-25)23-22(27)16-5-4-6-18(13-16)24-9-2-3-10-24/h2-10,13-14,21,26H,11-12,15H2,1H3,(H,23,27). The first-order valence-electron chi connectivity index (χ1n) is 9.91. The zero-order chi connectivity index (χ0) is 22.7. The van der Waals surface area contributed by atoms with Gasteiger partial charge in [0.2, 0.25) is 10.0 Å². The van der Waals surface area contributed by atoms with Crippen molar-refractivity contribution >= 4 is 21.6 Å². The first kappa shape index (κ1) is 22.0. The summed E-state index contributed by atoms with van der Waals surface area (Å²) in [5.74, 6) is -0.243. The van der Waals surface area contributed by atoms with Crippen LogP contribution in [0.1, 0.15) is 10.4 Å². The Morgan fingerprint density at radius 2 is 1.94 bits per heavy atom. The fraction of sp³-hybridized carbons (Fsp3) is 0.227. The van der Waals surface area contributed by atoms with Crippen LogP contribution in [0.25, 0.3) is 5.69 Å². The number of benzene rings is 2. The molecule has 0 radical (unpaired) electrons. The van der Waals surface area contributed by atoms with E-state index in [2.05, 4.69) is 5.32 Å². The molecule has 2 heterocycles. The smallest absolute Gasteiger partial charge is 0.255 e. The van der Waals surface area contributed by atoms with Crippen LogP contribution in [0.4, 0.5) is 5.69 Å². The van der Waals surface area contributed by atoms with Crippen molar-refractivity contribution in [3.63, 3.8) is 0 Å². The lowest BCUT2D eigenvalue weighted by molar-refractivity contribution is -0.130. The molecule has 1 aliphatic rings. The van der Waals surface area contributed by atoms with Crippen LogP contribution in [-0.4, -0.2) is 61.4 Å². The minimum Gasteiger partial charge on any atom is -0.495 e. The van der Waals surface area contributed by atoms with Crippen molar-refractivity contribution in [2.24, 2.45) is 0 Å². The van der Waals surface area contributed by atoms with Gasteiger partial charge in [-0.15, -0.1) is 0 Å². The number of methoxy groups -OCH3 is 1. The van der Waals surface area contributed by atoms with Crippen molar-refractivity contribution < 1.29 is 27.8 Å². The number of rotatable bonds is 6. The third kappa shape index (κ3) is 4.53. The Morgan fingerprint density at radius 1 is 1.16 bits per heavy atom. The topological polar surface area (TPSA) is 110 Å². The summed E-state index contributed by atoms with van der Waals surface area (Å²) in [5.41, 5.74) is 1.55. The maximum absolute atomic E-state index is 13.2. The van der Waals surface area contributed by atoms with Gasteiger partial charge in [0, 0.05) is 35.9 Å². The third-order valence-corrected chi connectivity index (χ3v) is 6.95. The van der Waals surface area contributed by atoms with Crippen LogP contribution in [0.15, 0.2) is 71.9 Å². The van der Waals surface area contributed by atoms with Gasteiger partial charge in [-0.1, -0.05) is 6.07 Å². The first-order chi connectivity index (χ1) is 15.4.